The van der Waals surface area contributed by atoms with Crippen molar-refractivity contribution in [2.75, 3.05) is 5.32 Å². The van der Waals surface area contributed by atoms with Crippen LogP contribution in [0.25, 0.3) is 0 Å². The van der Waals surface area contributed by atoms with E-state index in [0.29, 0.717) is 11.3 Å². The van der Waals surface area contributed by atoms with Crippen molar-refractivity contribution in [1.29, 1.82) is 0 Å². The van der Waals surface area contributed by atoms with E-state index in [9.17, 15) is 14.4 Å². The van der Waals surface area contributed by atoms with Crippen LogP contribution in [0.3, 0.4) is 0 Å². The third-order valence-corrected chi connectivity index (χ3v) is 2.46. The largest absolute Gasteiger partial charge is 0.392 e. The standard InChI is InChI=1S/C12H11N3O4/c16-6-7-1-3-8(4-2-7)14-10(17)9-5-13-12(19)15-11(9)18/h1-5,16H,6H2,(H,14,17)(H2,13,15,18,19). The number of amides is 1. The first-order valence-electron chi connectivity index (χ1n) is 5.43. The molecule has 1 heterocycles. The van der Waals surface area contributed by atoms with Gasteiger partial charge in [0.25, 0.3) is 11.5 Å². The Morgan fingerprint density at radius 1 is 1.21 bits per heavy atom. The number of hydrogen-bond acceptors (Lipinski definition) is 4. The lowest BCUT2D eigenvalue weighted by Crippen LogP contribution is -2.29. The minimum Gasteiger partial charge on any atom is -0.392 e. The Balaban J connectivity index is 2.20. The van der Waals surface area contributed by atoms with Crippen molar-refractivity contribution >= 4 is 11.6 Å². The average Bonchev–Trinajstić information content (AvgIpc) is 2.39. The first-order valence-corrected chi connectivity index (χ1v) is 5.43. The minimum atomic E-state index is -0.756. The van der Waals surface area contributed by atoms with E-state index in [1.54, 1.807) is 24.3 Å². The van der Waals surface area contributed by atoms with Gasteiger partial charge in [-0.25, -0.2) is 4.79 Å². The molecule has 0 bridgehead atoms. The number of nitrogens with one attached hydrogen (secondary N) is 3. The highest BCUT2D eigenvalue weighted by Crippen LogP contribution is 2.10. The first-order chi connectivity index (χ1) is 9.10. The van der Waals surface area contributed by atoms with Gasteiger partial charge < -0.3 is 15.4 Å². The summed E-state index contributed by atoms with van der Waals surface area (Å²) in [4.78, 5) is 38.2. The van der Waals surface area contributed by atoms with Crippen molar-refractivity contribution in [3.8, 4) is 0 Å². The second kappa shape index (κ2) is 5.32. The molecule has 19 heavy (non-hydrogen) atoms. The lowest BCUT2D eigenvalue weighted by molar-refractivity contribution is 0.102. The summed E-state index contributed by atoms with van der Waals surface area (Å²) in [5.74, 6) is -0.630. The van der Waals surface area contributed by atoms with Gasteiger partial charge in [0.15, 0.2) is 0 Å². The van der Waals surface area contributed by atoms with Crippen LogP contribution in [0.1, 0.15) is 15.9 Å². The SMILES string of the molecule is O=C(Nc1ccc(CO)cc1)c1c[nH]c(=O)[nH]c1=O. The molecule has 4 N–H and O–H groups in total. The van der Waals surface area contributed by atoms with Crippen LogP contribution in [0.2, 0.25) is 0 Å². The topological polar surface area (TPSA) is 115 Å². The third kappa shape index (κ3) is 2.96. The first kappa shape index (κ1) is 12.8. The van der Waals surface area contributed by atoms with Gasteiger partial charge in [-0.05, 0) is 17.7 Å². The number of aliphatic hydroxyl groups is 1. The second-order valence-corrected chi connectivity index (χ2v) is 3.79. The number of aliphatic hydroxyl groups excluding tert-OH is 1. The molecule has 1 aromatic carbocycles. The maximum atomic E-state index is 11.8. The van der Waals surface area contributed by atoms with Crippen LogP contribution in [0, 0.1) is 0 Å². The molecule has 2 rings (SSSR count). The van der Waals surface area contributed by atoms with Crippen molar-refractivity contribution in [3.63, 3.8) is 0 Å². The van der Waals surface area contributed by atoms with E-state index in [4.69, 9.17) is 5.11 Å². The highest BCUT2D eigenvalue weighted by molar-refractivity contribution is 6.03. The summed E-state index contributed by atoms with van der Waals surface area (Å²) in [7, 11) is 0. The molecule has 7 nitrogen and oxygen atoms in total. The summed E-state index contributed by atoms with van der Waals surface area (Å²) in [6, 6.07) is 6.49. The summed E-state index contributed by atoms with van der Waals surface area (Å²) < 4.78 is 0. The fraction of sp³-hybridized carbons (Fsp3) is 0.0833. The quantitative estimate of drug-likeness (QED) is 0.612. The lowest BCUT2D eigenvalue weighted by atomic mass is 10.2. The van der Waals surface area contributed by atoms with Gasteiger partial charge in [-0.2, -0.15) is 0 Å². The minimum absolute atomic E-state index is 0.0895. The molecule has 0 atom stereocenters. The molecule has 1 aromatic heterocycles. The zero-order valence-electron chi connectivity index (χ0n) is 9.77. The molecule has 0 radical (unpaired) electrons. The lowest BCUT2D eigenvalue weighted by Gasteiger charge is -2.04. The number of aromatic nitrogens is 2. The number of anilines is 1. The van der Waals surface area contributed by atoms with Gasteiger partial charge >= 0.3 is 5.69 Å². The third-order valence-electron chi connectivity index (χ3n) is 2.46. The van der Waals surface area contributed by atoms with Crippen molar-refractivity contribution in [2.24, 2.45) is 0 Å². The predicted octanol–water partition coefficient (Wildman–Crippen LogP) is -0.192. The Morgan fingerprint density at radius 2 is 1.89 bits per heavy atom. The number of rotatable bonds is 3. The van der Waals surface area contributed by atoms with E-state index in [1.165, 1.54) is 0 Å². The monoisotopic (exact) mass is 261 g/mol. The van der Waals surface area contributed by atoms with Crippen LogP contribution in [-0.2, 0) is 6.61 Å². The summed E-state index contributed by atoms with van der Waals surface area (Å²) >= 11 is 0. The Hall–Kier alpha value is -2.67. The molecule has 98 valence electrons. The predicted molar refractivity (Wildman–Crippen MR) is 68.0 cm³/mol. The molecule has 0 spiro atoms. The molecular formula is C12H11N3O4. The highest BCUT2D eigenvalue weighted by Gasteiger charge is 2.10. The van der Waals surface area contributed by atoms with Crippen molar-refractivity contribution in [3.05, 3.63) is 62.4 Å². The molecule has 1 amide bonds. The molecular weight excluding hydrogens is 250 g/mol. The zero-order valence-corrected chi connectivity index (χ0v) is 9.77. The Labute approximate surface area is 106 Å². The van der Waals surface area contributed by atoms with Crippen LogP contribution in [0.15, 0.2) is 40.1 Å². The number of carbonyl (C=O) groups excluding carboxylic acids is 1. The Kier molecular flexibility index (Phi) is 3.58. The van der Waals surface area contributed by atoms with Gasteiger partial charge in [0.2, 0.25) is 0 Å². The van der Waals surface area contributed by atoms with Gasteiger partial charge in [-0.15, -0.1) is 0 Å². The van der Waals surface area contributed by atoms with E-state index >= 15 is 0 Å². The molecule has 0 saturated heterocycles. The molecule has 2 aromatic rings. The summed E-state index contributed by atoms with van der Waals surface area (Å²) in [6.45, 7) is -0.0895. The molecule has 0 unspecified atom stereocenters. The van der Waals surface area contributed by atoms with Gasteiger partial charge in [0.1, 0.15) is 5.56 Å². The molecule has 0 aliphatic carbocycles. The molecule has 0 aliphatic heterocycles. The second-order valence-electron chi connectivity index (χ2n) is 3.79. The van der Waals surface area contributed by atoms with Crippen molar-refractivity contribution in [1.82, 2.24) is 9.97 Å². The van der Waals surface area contributed by atoms with Gasteiger partial charge in [0.05, 0.1) is 6.61 Å². The Morgan fingerprint density at radius 3 is 2.47 bits per heavy atom. The van der Waals surface area contributed by atoms with Gasteiger partial charge in [0, 0.05) is 11.9 Å². The number of benzene rings is 1. The van der Waals surface area contributed by atoms with E-state index in [-0.39, 0.29) is 12.2 Å². The maximum absolute atomic E-state index is 11.8. The summed E-state index contributed by atoms with van der Waals surface area (Å²) in [5.41, 5.74) is -0.430. The zero-order chi connectivity index (χ0) is 13.8. The van der Waals surface area contributed by atoms with E-state index in [1.807, 2.05) is 4.98 Å². The van der Waals surface area contributed by atoms with Crippen LogP contribution in [-0.4, -0.2) is 21.0 Å². The number of hydrogen-bond donors (Lipinski definition) is 4. The Bertz CT molecular complexity index is 700. The molecule has 7 heteroatoms. The maximum Gasteiger partial charge on any atom is 0.325 e. The van der Waals surface area contributed by atoms with Crippen LogP contribution in [0.4, 0.5) is 5.69 Å². The fourth-order valence-electron chi connectivity index (χ4n) is 1.47. The van der Waals surface area contributed by atoms with E-state index in [0.717, 1.165) is 6.20 Å². The smallest absolute Gasteiger partial charge is 0.325 e. The molecule has 0 aliphatic rings. The average molecular weight is 261 g/mol. The number of carbonyl (C=O) groups is 1. The van der Waals surface area contributed by atoms with E-state index in [2.05, 4.69) is 10.3 Å². The normalized spacial score (nSPS) is 10.2. The van der Waals surface area contributed by atoms with Gasteiger partial charge in [-0.3, -0.25) is 14.6 Å². The van der Waals surface area contributed by atoms with E-state index < -0.39 is 17.2 Å². The molecule has 0 saturated carbocycles. The van der Waals surface area contributed by atoms with Crippen LogP contribution >= 0.6 is 0 Å². The van der Waals surface area contributed by atoms with Gasteiger partial charge in [-0.1, -0.05) is 12.1 Å². The van der Waals surface area contributed by atoms with Crippen LogP contribution < -0.4 is 16.6 Å². The number of aromatic amines is 2. The molecule has 0 fully saturated rings. The van der Waals surface area contributed by atoms with Crippen molar-refractivity contribution in [2.45, 2.75) is 6.61 Å². The highest BCUT2D eigenvalue weighted by atomic mass is 16.3. The summed E-state index contributed by atoms with van der Waals surface area (Å²) in [6.07, 6.45) is 1.05. The van der Waals surface area contributed by atoms with Crippen LogP contribution in [0.5, 0.6) is 0 Å². The summed E-state index contributed by atoms with van der Waals surface area (Å²) in [5, 5.41) is 11.4. The fourth-order valence-corrected chi connectivity index (χ4v) is 1.47. The number of H-pyrrole nitrogens is 2. The van der Waals surface area contributed by atoms with Crippen molar-refractivity contribution < 1.29 is 9.90 Å².